The van der Waals surface area contributed by atoms with Crippen LogP contribution in [-0.4, -0.2) is 12.6 Å². The maximum absolute atomic E-state index is 6.29. The van der Waals surface area contributed by atoms with Gasteiger partial charge in [0.25, 0.3) is 0 Å². The van der Waals surface area contributed by atoms with Crippen molar-refractivity contribution in [2.45, 2.75) is 52.0 Å². The van der Waals surface area contributed by atoms with Crippen LogP contribution in [-0.2, 0) is 0 Å². The Labute approximate surface area is 121 Å². The first kappa shape index (κ1) is 15.8. The molecule has 1 N–H and O–H groups in total. The number of benzene rings is 1. The molecule has 1 rings (SSSR count). The summed E-state index contributed by atoms with van der Waals surface area (Å²) in [5.41, 5.74) is 1.18. The van der Waals surface area contributed by atoms with Crippen LogP contribution in [0.25, 0.3) is 0 Å². The molecule has 0 bridgehead atoms. The number of rotatable bonds is 7. The second-order valence-electron chi connectivity index (χ2n) is 4.80. The largest absolute Gasteiger partial charge is 0.313 e. The van der Waals surface area contributed by atoms with Crippen LogP contribution in [0.2, 0.25) is 10.0 Å². The zero-order valence-corrected chi connectivity index (χ0v) is 13.0. The summed E-state index contributed by atoms with van der Waals surface area (Å²) >= 11 is 12.2. The molecular formula is C15H23Cl2N. The molecule has 0 radical (unpaired) electrons. The fraction of sp³-hybridized carbons (Fsp3) is 0.600. The third-order valence-corrected chi connectivity index (χ3v) is 3.88. The van der Waals surface area contributed by atoms with Crippen molar-refractivity contribution in [3.8, 4) is 0 Å². The number of halogens is 2. The smallest absolute Gasteiger partial charge is 0.0456 e. The van der Waals surface area contributed by atoms with Crippen molar-refractivity contribution in [1.82, 2.24) is 5.32 Å². The molecule has 18 heavy (non-hydrogen) atoms. The minimum atomic E-state index is 0.404. The molecule has 1 aromatic carbocycles. The summed E-state index contributed by atoms with van der Waals surface area (Å²) in [7, 11) is 0. The maximum Gasteiger partial charge on any atom is 0.0456 e. The van der Waals surface area contributed by atoms with E-state index >= 15 is 0 Å². The average molecular weight is 288 g/mol. The van der Waals surface area contributed by atoms with E-state index in [4.69, 9.17) is 23.2 Å². The molecule has 1 nitrogen and oxygen atoms in total. The molecule has 0 heterocycles. The van der Waals surface area contributed by atoms with Crippen molar-refractivity contribution in [1.29, 1.82) is 0 Å². The highest BCUT2D eigenvalue weighted by Gasteiger charge is 2.19. The van der Waals surface area contributed by atoms with Crippen LogP contribution in [0.3, 0.4) is 0 Å². The van der Waals surface area contributed by atoms with E-state index in [2.05, 4.69) is 26.1 Å². The van der Waals surface area contributed by atoms with E-state index in [-0.39, 0.29) is 0 Å². The van der Waals surface area contributed by atoms with E-state index in [0.29, 0.717) is 17.0 Å². The minimum absolute atomic E-state index is 0.404. The van der Waals surface area contributed by atoms with Gasteiger partial charge in [0.05, 0.1) is 0 Å². The van der Waals surface area contributed by atoms with Gasteiger partial charge in [-0.1, -0.05) is 56.5 Å². The summed E-state index contributed by atoms with van der Waals surface area (Å²) in [6.45, 7) is 7.70. The van der Waals surface area contributed by atoms with Gasteiger partial charge in [-0.25, -0.2) is 0 Å². The predicted octanol–water partition coefficient (Wildman–Crippen LogP) is 5.27. The first-order chi connectivity index (χ1) is 8.60. The average Bonchev–Trinajstić information content (AvgIpc) is 2.33. The Kier molecular flexibility index (Phi) is 7.06. The van der Waals surface area contributed by atoms with Gasteiger partial charge in [0.1, 0.15) is 0 Å². The monoisotopic (exact) mass is 287 g/mol. The van der Waals surface area contributed by atoms with Crippen molar-refractivity contribution in [3.05, 3.63) is 33.8 Å². The Bertz CT molecular complexity index is 366. The van der Waals surface area contributed by atoms with Gasteiger partial charge < -0.3 is 5.32 Å². The van der Waals surface area contributed by atoms with Gasteiger partial charge in [0, 0.05) is 16.1 Å². The lowest BCUT2D eigenvalue weighted by atomic mass is 9.90. The standard InChI is InChI=1S/C15H23Cl2N/c1-4-6-15(18-9-5-2)11(3)13-8-7-12(16)10-14(13)17/h7-8,10-11,15,18H,4-6,9H2,1-3H3. The number of hydrogen-bond donors (Lipinski definition) is 1. The Morgan fingerprint density at radius 2 is 1.89 bits per heavy atom. The lowest BCUT2D eigenvalue weighted by molar-refractivity contribution is 0.421. The van der Waals surface area contributed by atoms with Gasteiger partial charge >= 0.3 is 0 Å². The van der Waals surface area contributed by atoms with E-state index in [1.807, 2.05) is 18.2 Å². The summed E-state index contributed by atoms with van der Waals surface area (Å²) in [5, 5.41) is 5.09. The fourth-order valence-electron chi connectivity index (χ4n) is 2.26. The Balaban J connectivity index is 2.83. The van der Waals surface area contributed by atoms with Crippen molar-refractivity contribution >= 4 is 23.2 Å². The second-order valence-corrected chi connectivity index (χ2v) is 5.65. The van der Waals surface area contributed by atoms with E-state index in [1.54, 1.807) is 0 Å². The zero-order valence-electron chi connectivity index (χ0n) is 11.5. The molecule has 0 aromatic heterocycles. The summed E-state index contributed by atoms with van der Waals surface area (Å²) in [4.78, 5) is 0. The van der Waals surface area contributed by atoms with Gasteiger partial charge in [0.2, 0.25) is 0 Å². The molecule has 0 saturated carbocycles. The molecule has 1 aromatic rings. The van der Waals surface area contributed by atoms with E-state index in [9.17, 15) is 0 Å². The van der Waals surface area contributed by atoms with Crippen molar-refractivity contribution in [2.24, 2.45) is 0 Å². The third-order valence-electron chi connectivity index (χ3n) is 3.31. The molecule has 2 unspecified atom stereocenters. The molecule has 0 spiro atoms. The topological polar surface area (TPSA) is 12.0 Å². The summed E-state index contributed by atoms with van der Waals surface area (Å²) in [5.74, 6) is 0.404. The van der Waals surface area contributed by atoms with Gasteiger partial charge in [-0.15, -0.1) is 0 Å². The van der Waals surface area contributed by atoms with Crippen molar-refractivity contribution in [3.63, 3.8) is 0 Å². The summed E-state index contributed by atoms with van der Waals surface area (Å²) < 4.78 is 0. The lowest BCUT2D eigenvalue weighted by Crippen LogP contribution is -2.34. The van der Waals surface area contributed by atoms with Crippen LogP contribution >= 0.6 is 23.2 Å². The Morgan fingerprint density at radius 1 is 1.17 bits per heavy atom. The Morgan fingerprint density at radius 3 is 2.44 bits per heavy atom. The summed E-state index contributed by atoms with van der Waals surface area (Å²) in [6, 6.07) is 6.28. The highest BCUT2D eigenvalue weighted by atomic mass is 35.5. The molecule has 2 atom stereocenters. The normalized spacial score (nSPS) is 14.5. The van der Waals surface area contributed by atoms with Gasteiger partial charge in [0.15, 0.2) is 0 Å². The van der Waals surface area contributed by atoms with E-state index in [1.165, 1.54) is 18.4 Å². The highest BCUT2D eigenvalue weighted by Crippen LogP contribution is 2.30. The van der Waals surface area contributed by atoms with Gasteiger partial charge in [-0.05, 0) is 43.0 Å². The van der Waals surface area contributed by atoms with Crippen LogP contribution in [0.15, 0.2) is 18.2 Å². The molecule has 0 aliphatic rings. The first-order valence-electron chi connectivity index (χ1n) is 6.78. The van der Waals surface area contributed by atoms with Crippen LogP contribution in [0.1, 0.15) is 51.5 Å². The lowest BCUT2D eigenvalue weighted by Gasteiger charge is -2.26. The molecule has 0 fully saturated rings. The van der Waals surface area contributed by atoms with Gasteiger partial charge in [-0.2, -0.15) is 0 Å². The third kappa shape index (κ3) is 4.46. The molecule has 102 valence electrons. The van der Waals surface area contributed by atoms with Crippen LogP contribution in [0, 0.1) is 0 Å². The van der Waals surface area contributed by atoms with Crippen molar-refractivity contribution in [2.75, 3.05) is 6.54 Å². The molecule has 0 aliphatic carbocycles. The van der Waals surface area contributed by atoms with Crippen LogP contribution in [0.5, 0.6) is 0 Å². The van der Waals surface area contributed by atoms with Gasteiger partial charge in [-0.3, -0.25) is 0 Å². The highest BCUT2D eigenvalue weighted by molar-refractivity contribution is 6.35. The zero-order chi connectivity index (χ0) is 13.5. The number of hydrogen-bond acceptors (Lipinski definition) is 1. The predicted molar refractivity (Wildman–Crippen MR) is 81.9 cm³/mol. The fourth-order valence-corrected chi connectivity index (χ4v) is 2.84. The maximum atomic E-state index is 6.29. The second kappa shape index (κ2) is 8.04. The molecule has 0 saturated heterocycles. The quantitative estimate of drug-likeness (QED) is 0.721. The minimum Gasteiger partial charge on any atom is -0.313 e. The van der Waals surface area contributed by atoms with Crippen LogP contribution in [0.4, 0.5) is 0 Å². The van der Waals surface area contributed by atoms with E-state index < -0.39 is 0 Å². The first-order valence-corrected chi connectivity index (χ1v) is 7.54. The SMILES string of the molecule is CCCNC(CCC)C(C)c1ccc(Cl)cc1Cl. The Hall–Kier alpha value is -0.240. The van der Waals surface area contributed by atoms with Crippen LogP contribution < -0.4 is 5.32 Å². The molecule has 0 amide bonds. The molecule has 0 aliphatic heterocycles. The number of nitrogens with one attached hydrogen (secondary N) is 1. The van der Waals surface area contributed by atoms with Crippen molar-refractivity contribution < 1.29 is 0 Å². The molecular weight excluding hydrogens is 265 g/mol. The van der Waals surface area contributed by atoms with E-state index in [0.717, 1.165) is 18.0 Å². The molecule has 3 heteroatoms. The summed E-state index contributed by atoms with van der Waals surface area (Å²) in [6.07, 6.45) is 3.50.